The van der Waals surface area contributed by atoms with E-state index < -0.39 is 42.7 Å². The highest BCUT2D eigenvalue weighted by molar-refractivity contribution is 5.93. The summed E-state index contributed by atoms with van der Waals surface area (Å²) >= 11 is 0. The Bertz CT molecular complexity index is 1050. The van der Waals surface area contributed by atoms with E-state index in [1.54, 1.807) is 13.8 Å². The van der Waals surface area contributed by atoms with E-state index in [2.05, 4.69) is 20.4 Å². The molecule has 33 heavy (non-hydrogen) atoms. The zero-order valence-corrected chi connectivity index (χ0v) is 18.0. The monoisotopic (exact) mass is 475 g/mol. The molecule has 1 saturated heterocycles. The van der Waals surface area contributed by atoms with Crippen LogP contribution in [0.4, 0.5) is 27.6 Å². The number of ether oxygens (including phenoxy) is 1. The fourth-order valence-electron chi connectivity index (χ4n) is 3.64. The molecule has 1 aliphatic carbocycles. The van der Waals surface area contributed by atoms with Crippen LogP contribution < -0.4 is 15.0 Å². The summed E-state index contributed by atoms with van der Waals surface area (Å²) in [4.78, 5) is 22.3. The second-order valence-electron chi connectivity index (χ2n) is 8.62. The Morgan fingerprint density at radius 2 is 2.00 bits per heavy atom. The van der Waals surface area contributed by atoms with Crippen molar-refractivity contribution in [3.05, 3.63) is 29.7 Å². The van der Waals surface area contributed by atoms with Gasteiger partial charge < -0.3 is 19.5 Å². The Morgan fingerprint density at radius 1 is 1.33 bits per heavy atom. The standard InChI is InChI=1S/C20H22F5N5O3/c1-10(20(23,24)25)32-15-6-13(26-7-14(15)30-8-19(21,22)9-30)16(31)28-18(3,12-4-5-12)17-27-11(2)33-29-17/h6-7,10,12H,4-5,8-9H2,1-3H3,(H,28,31). The van der Waals surface area contributed by atoms with Gasteiger partial charge in [0.2, 0.25) is 5.89 Å². The molecule has 1 N–H and O–H groups in total. The lowest BCUT2D eigenvalue weighted by atomic mass is 9.94. The molecular formula is C20H22F5N5O3. The molecule has 1 saturated carbocycles. The Balaban J connectivity index is 1.61. The minimum atomic E-state index is -4.69. The molecule has 1 aliphatic heterocycles. The fraction of sp³-hybridized carbons (Fsp3) is 0.600. The molecule has 2 fully saturated rings. The van der Waals surface area contributed by atoms with Crippen molar-refractivity contribution in [3.8, 4) is 5.75 Å². The molecule has 2 aliphatic rings. The number of halogens is 5. The molecule has 8 nitrogen and oxygen atoms in total. The second-order valence-corrected chi connectivity index (χ2v) is 8.62. The third-order valence-corrected chi connectivity index (χ3v) is 5.79. The molecule has 0 spiro atoms. The summed E-state index contributed by atoms with van der Waals surface area (Å²) in [5.41, 5.74) is -1.26. The minimum absolute atomic E-state index is 0.0435. The number of aromatic nitrogens is 3. The molecule has 2 aromatic rings. The van der Waals surface area contributed by atoms with E-state index in [0.29, 0.717) is 5.89 Å². The van der Waals surface area contributed by atoms with Crippen molar-refractivity contribution in [3.63, 3.8) is 0 Å². The van der Waals surface area contributed by atoms with Gasteiger partial charge >= 0.3 is 6.18 Å². The van der Waals surface area contributed by atoms with Crippen molar-refractivity contribution < 1.29 is 36.0 Å². The van der Waals surface area contributed by atoms with Crippen LogP contribution in [0.25, 0.3) is 0 Å². The molecular weight excluding hydrogens is 453 g/mol. The van der Waals surface area contributed by atoms with Crippen LogP contribution in [0.1, 0.15) is 48.9 Å². The van der Waals surface area contributed by atoms with Gasteiger partial charge in [-0.05, 0) is 32.6 Å². The van der Waals surface area contributed by atoms with E-state index in [1.165, 1.54) is 0 Å². The van der Waals surface area contributed by atoms with Crippen LogP contribution in [0.2, 0.25) is 0 Å². The van der Waals surface area contributed by atoms with Gasteiger partial charge in [-0.25, -0.2) is 13.8 Å². The van der Waals surface area contributed by atoms with Gasteiger partial charge in [-0.3, -0.25) is 4.79 Å². The first-order valence-electron chi connectivity index (χ1n) is 10.3. The molecule has 0 aromatic carbocycles. The van der Waals surface area contributed by atoms with Crippen LogP contribution in [0.5, 0.6) is 5.75 Å². The van der Waals surface area contributed by atoms with Gasteiger partial charge in [0.05, 0.1) is 25.0 Å². The number of amides is 1. The quantitative estimate of drug-likeness (QED) is 0.612. The van der Waals surface area contributed by atoms with E-state index in [9.17, 15) is 26.7 Å². The van der Waals surface area contributed by atoms with Crippen LogP contribution in [0.3, 0.4) is 0 Å². The maximum atomic E-state index is 13.3. The highest BCUT2D eigenvalue weighted by Crippen LogP contribution is 2.45. The highest BCUT2D eigenvalue weighted by atomic mass is 19.4. The molecule has 13 heteroatoms. The van der Waals surface area contributed by atoms with E-state index in [1.807, 2.05) is 0 Å². The number of pyridine rings is 1. The number of nitrogens with one attached hydrogen (secondary N) is 1. The van der Waals surface area contributed by atoms with Crippen LogP contribution in [-0.4, -0.2) is 52.3 Å². The smallest absolute Gasteiger partial charge is 0.425 e. The lowest BCUT2D eigenvalue weighted by molar-refractivity contribution is -0.189. The van der Waals surface area contributed by atoms with E-state index in [-0.39, 0.29) is 28.9 Å². The molecule has 0 bridgehead atoms. The number of aryl methyl sites for hydroxylation is 1. The summed E-state index contributed by atoms with van der Waals surface area (Å²) in [6.45, 7) is 2.75. The van der Waals surface area contributed by atoms with Crippen molar-refractivity contribution in [2.45, 2.75) is 57.4 Å². The van der Waals surface area contributed by atoms with Gasteiger partial charge in [0.1, 0.15) is 17.0 Å². The van der Waals surface area contributed by atoms with E-state index in [4.69, 9.17) is 9.26 Å². The van der Waals surface area contributed by atoms with Gasteiger partial charge in [-0.2, -0.15) is 18.2 Å². The normalized spacial score (nSPS) is 20.5. The van der Waals surface area contributed by atoms with Gasteiger partial charge in [0.15, 0.2) is 11.9 Å². The number of anilines is 1. The summed E-state index contributed by atoms with van der Waals surface area (Å²) in [6, 6.07) is 1.03. The van der Waals surface area contributed by atoms with E-state index in [0.717, 1.165) is 36.9 Å². The highest BCUT2D eigenvalue weighted by Gasteiger charge is 2.48. The maximum Gasteiger partial charge on any atom is 0.425 e. The largest absolute Gasteiger partial charge is 0.479 e. The first kappa shape index (κ1) is 23.2. The number of alkyl halides is 5. The predicted octanol–water partition coefficient (Wildman–Crippen LogP) is 3.61. The third-order valence-electron chi connectivity index (χ3n) is 5.79. The number of carbonyl (C=O) groups excluding carboxylic acids is 1. The zero-order chi connectivity index (χ0) is 24.2. The van der Waals surface area contributed by atoms with Crippen molar-refractivity contribution >= 4 is 11.6 Å². The first-order chi connectivity index (χ1) is 15.3. The Kier molecular flexibility index (Phi) is 5.48. The van der Waals surface area contributed by atoms with Crippen LogP contribution in [0, 0.1) is 12.8 Å². The molecule has 180 valence electrons. The topological polar surface area (TPSA) is 93.4 Å². The third kappa shape index (κ3) is 4.71. The molecule has 2 atom stereocenters. The Morgan fingerprint density at radius 3 is 2.52 bits per heavy atom. The summed E-state index contributed by atoms with van der Waals surface area (Å²) in [6.07, 6.45) is -4.22. The average molecular weight is 475 g/mol. The molecule has 0 radical (unpaired) electrons. The average Bonchev–Trinajstić information content (AvgIpc) is 3.46. The molecule has 1 amide bonds. The predicted molar refractivity (Wildman–Crippen MR) is 104 cm³/mol. The van der Waals surface area contributed by atoms with Crippen molar-refractivity contribution in [1.82, 2.24) is 20.4 Å². The Labute approximate surface area is 185 Å². The number of rotatable bonds is 7. The SMILES string of the molecule is Cc1nc(C(C)(NC(=O)c2cc(OC(C)C(F)(F)F)c(N3CC(F)(F)C3)cn2)C2CC2)no1. The molecule has 2 aromatic heterocycles. The Hall–Kier alpha value is -2.99. The molecule has 4 rings (SSSR count). The maximum absolute atomic E-state index is 13.3. The molecule has 3 heterocycles. The summed E-state index contributed by atoms with van der Waals surface area (Å²) in [5, 5.41) is 6.70. The van der Waals surface area contributed by atoms with Crippen LogP contribution in [-0.2, 0) is 5.54 Å². The van der Waals surface area contributed by atoms with Crippen LogP contribution >= 0.6 is 0 Å². The van der Waals surface area contributed by atoms with Crippen molar-refractivity contribution in [1.29, 1.82) is 0 Å². The fourth-order valence-corrected chi connectivity index (χ4v) is 3.64. The van der Waals surface area contributed by atoms with Crippen LogP contribution in [0.15, 0.2) is 16.8 Å². The second kappa shape index (κ2) is 7.80. The number of hydrogen-bond donors (Lipinski definition) is 1. The van der Waals surface area contributed by atoms with Crippen molar-refractivity contribution in [2.24, 2.45) is 5.92 Å². The summed E-state index contributed by atoms with van der Waals surface area (Å²) in [5.74, 6) is -3.38. The van der Waals surface area contributed by atoms with Gasteiger partial charge in [-0.15, -0.1) is 0 Å². The molecule has 2 unspecified atom stereocenters. The first-order valence-corrected chi connectivity index (χ1v) is 10.3. The van der Waals surface area contributed by atoms with Gasteiger partial charge in [0, 0.05) is 13.0 Å². The number of carbonyl (C=O) groups is 1. The van der Waals surface area contributed by atoms with Crippen molar-refractivity contribution in [2.75, 3.05) is 18.0 Å². The van der Waals surface area contributed by atoms with Gasteiger partial charge in [-0.1, -0.05) is 5.16 Å². The summed E-state index contributed by atoms with van der Waals surface area (Å²) < 4.78 is 75.9. The number of hydrogen-bond acceptors (Lipinski definition) is 7. The minimum Gasteiger partial charge on any atom is -0.479 e. The van der Waals surface area contributed by atoms with E-state index >= 15 is 0 Å². The van der Waals surface area contributed by atoms with Gasteiger partial charge in [0.25, 0.3) is 11.8 Å². The number of nitrogens with zero attached hydrogens (tertiary/aromatic N) is 4. The lowest BCUT2D eigenvalue weighted by Gasteiger charge is -2.41. The zero-order valence-electron chi connectivity index (χ0n) is 18.0. The summed E-state index contributed by atoms with van der Waals surface area (Å²) in [7, 11) is 0. The lowest BCUT2D eigenvalue weighted by Crippen LogP contribution is -2.56.